The summed E-state index contributed by atoms with van der Waals surface area (Å²) in [5, 5.41) is 0. The van der Waals surface area contributed by atoms with E-state index in [0.29, 0.717) is 6.61 Å². The van der Waals surface area contributed by atoms with Crippen LogP contribution in [0.25, 0.3) is 0 Å². The summed E-state index contributed by atoms with van der Waals surface area (Å²) in [6.45, 7) is 9.63. The molecule has 2 heteroatoms. The first-order valence-electron chi connectivity index (χ1n) is 16.8. The van der Waals surface area contributed by atoms with Gasteiger partial charge in [0.2, 0.25) is 0 Å². The van der Waals surface area contributed by atoms with Crippen LogP contribution in [0.5, 0.6) is 0 Å². The first-order valence-corrected chi connectivity index (χ1v) is 16.8. The van der Waals surface area contributed by atoms with Crippen LogP contribution in [-0.4, -0.2) is 12.6 Å². The van der Waals surface area contributed by atoms with E-state index >= 15 is 0 Å². The summed E-state index contributed by atoms with van der Waals surface area (Å²) in [6.07, 6.45) is 35.0. The maximum atomic E-state index is 13.1. The van der Waals surface area contributed by atoms with Crippen LogP contribution in [0.2, 0.25) is 0 Å². The van der Waals surface area contributed by atoms with E-state index in [9.17, 15) is 4.79 Å². The zero-order chi connectivity index (χ0) is 26.6. The molecule has 0 rings (SSSR count). The number of rotatable bonds is 29. The van der Waals surface area contributed by atoms with Gasteiger partial charge < -0.3 is 4.74 Å². The minimum atomic E-state index is -0.272. The van der Waals surface area contributed by atoms with E-state index in [0.717, 1.165) is 25.7 Å². The predicted octanol–water partition coefficient (Wildman–Crippen LogP) is 12.1. The smallest absolute Gasteiger partial charge is 0.311 e. The molecule has 2 nitrogen and oxygen atoms in total. The van der Waals surface area contributed by atoms with E-state index in [2.05, 4.69) is 27.7 Å². The van der Waals surface area contributed by atoms with Crippen molar-refractivity contribution in [3.05, 3.63) is 0 Å². The van der Waals surface area contributed by atoms with Gasteiger partial charge in [-0.15, -0.1) is 0 Å². The zero-order valence-electron chi connectivity index (χ0n) is 25.6. The van der Waals surface area contributed by atoms with Crippen LogP contribution in [0.4, 0.5) is 0 Å². The summed E-state index contributed by atoms with van der Waals surface area (Å²) < 4.78 is 5.85. The quantitative estimate of drug-likeness (QED) is 0.0741. The third-order valence-electron chi connectivity index (χ3n) is 8.14. The highest BCUT2D eigenvalue weighted by Gasteiger charge is 2.33. The highest BCUT2D eigenvalue weighted by Crippen LogP contribution is 2.33. The molecule has 0 aromatic rings. The monoisotopic (exact) mass is 509 g/mol. The third kappa shape index (κ3) is 22.7. The van der Waals surface area contributed by atoms with Crippen molar-refractivity contribution < 1.29 is 9.53 Å². The first kappa shape index (κ1) is 35.5. The van der Waals surface area contributed by atoms with Crippen LogP contribution < -0.4 is 0 Å². The molecule has 0 heterocycles. The molecule has 0 saturated heterocycles. The molecule has 1 atom stereocenters. The molecule has 0 aromatic heterocycles. The van der Waals surface area contributed by atoms with Crippen molar-refractivity contribution in [1.82, 2.24) is 0 Å². The van der Waals surface area contributed by atoms with Gasteiger partial charge in [0.25, 0.3) is 0 Å². The van der Waals surface area contributed by atoms with Crippen LogP contribution in [0.1, 0.15) is 201 Å². The van der Waals surface area contributed by atoms with Gasteiger partial charge in [0, 0.05) is 0 Å². The number of unbranched alkanes of at least 4 members (excludes halogenated alkanes) is 22. The average molecular weight is 509 g/mol. The Morgan fingerprint density at radius 3 is 1.08 bits per heavy atom. The van der Waals surface area contributed by atoms with Crippen molar-refractivity contribution in [3.63, 3.8) is 0 Å². The average Bonchev–Trinajstić information content (AvgIpc) is 2.88. The van der Waals surface area contributed by atoms with Crippen molar-refractivity contribution in [3.8, 4) is 0 Å². The molecule has 0 spiro atoms. The van der Waals surface area contributed by atoms with Crippen LogP contribution >= 0.6 is 0 Å². The van der Waals surface area contributed by atoms with E-state index in [1.165, 1.54) is 148 Å². The molecule has 0 aliphatic carbocycles. The number of hydrogen-bond acceptors (Lipinski definition) is 2. The molecular formula is C34H68O2. The summed E-state index contributed by atoms with van der Waals surface area (Å²) in [5.74, 6) is 0.0848. The normalized spacial score (nSPS) is 13.1. The molecule has 0 N–H and O–H groups in total. The number of ether oxygens (including phenoxy) is 1. The summed E-state index contributed by atoms with van der Waals surface area (Å²) in [7, 11) is 0. The zero-order valence-corrected chi connectivity index (χ0v) is 25.6. The van der Waals surface area contributed by atoms with Crippen molar-refractivity contribution in [2.75, 3.05) is 6.61 Å². The van der Waals surface area contributed by atoms with Crippen LogP contribution in [-0.2, 0) is 9.53 Å². The fourth-order valence-electron chi connectivity index (χ4n) is 5.38. The second-order valence-electron chi connectivity index (χ2n) is 12.0. The van der Waals surface area contributed by atoms with E-state index < -0.39 is 0 Å². The predicted molar refractivity (Wildman–Crippen MR) is 161 cm³/mol. The molecule has 216 valence electrons. The molecule has 0 aliphatic rings. The van der Waals surface area contributed by atoms with Crippen molar-refractivity contribution >= 4 is 5.97 Å². The van der Waals surface area contributed by atoms with E-state index in [1.807, 2.05) is 0 Å². The van der Waals surface area contributed by atoms with E-state index in [-0.39, 0.29) is 11.4 Å². The Morgan fingerprint density at radius 1 is 0.444 bits per heavy atom. The Bertz CT molecular complexity index is 446. The van der Waals surface area contributed by atoms with Crippen molar-refractivity contribution in [2.45, 2.75) is 201 Å². The lowest BCUT2D eigenvalue weighted by Gasteiger charge is -2.27. The summed E-state index contributed by atoms with van der Waals surface area (Å²) >= 11 is 0. The van der Waals surface area contributed by atoms with Gasteiger partial charge in [0.05, 0.1) is 12.0 Å². The molecule has 1 unspecified atom stereocenters. The van der Waals surface area contributed by atoms with Gasteiger partial charge in [0.15, 0.2) is 0 Å². The lowest BCUT2D eigenvalue weighted by Crippen LogP contribution is -2.30. The SMILES string of the molecule is CCCCCCCCCCCCCCOC(=O)C(C)(CCCCCC)CCCCCCCCCCC. The second-order valence-corrected chi connectivity index (χ2v) is 12.0. The summed E-state index contributed by atoms with van der Waals surface area (Å²) in [6, 6.07) is 0. The Kier molecular flexibility index (Phi) is 27.1. The topological polar surface area (TPSA) is 26.3 Å². The van der Waals surface area contributed by atoms with E-state index in [1.54, 1.807) is 0 Å². The molecule has 0 bridgehead atoms. The lowest BCUT2D eigenvalue weighted by molar-refractivity contribution is -0.156. The van der Waals surface area contributed by atoms with E-state index in [4.69, 9.17) is 4.74 Å². The Labute approximate surface area is 228 Å². The minimum Gasteiger partial charge on any atom is -0.465 e. The largest absolute Gasteiger partial charge is 0.465 e. The molecule has 0 fully saturated rings. The lowest BCUT2D eigenvalue weighted by atomic mass is 9.79. The third-order valence-corrected chi connectivity index (χ3v) is 8.14. The van der Waals surface area contributed by atoms with Gasteiger partial charge in [-0.3, -0.25) is 4.79 Å². The number of carbonyl (C=O) groups excluding carboxylic acids is 1. The summed E-state index contributed by atoms with van der Waals surface area (Å²) in [5.41, 5.74) is -0.272. The Morgan fingerprint density at radius 2 is 0.722 bits per heavy atom. The molecule has 0 aliphatic heterocycles. The standard InChI is InChI=1S/C34H68O2/c1-5-8-11-14-16-18-19-20-22-24-26-29-32-36-33(35)34(4,30-27-13-10-7-3)31-28-25-23-21-17-15-12-9-6-2/h5-32H2,1-4H3. The van der Waals surface area contributed by atoms with Crippen molar-refractivity contribution in [2.24, 2.45) is 5.41 Å². The number of carbonyl (C=O) groups is 1. The second kappa shape index (κ2) is 27.5. The molecule has 36 heavy (non-hydrogen) atoms. The highest BCUT2D eigenvalue weighted by atomic mass is 16.5. The highest BCUT2D eigenvalue weighted by molar-refractivity contribution is 5.76. The van der Waals surface area contributed by atoms with Crippen LogP contribution in [0.15, 0.2) is 0 Å². The fourth-order valence-corrected chi connectivity index (χ4v) is 5.38. The maximum absolute atomic E-state index is 13.1. The molecular weight excluding hydrogens is 440 g/mol. The molecule has 0 aromatic carbocycles. The fraction of sp³-hybridized carbons (Fsp3) is 0.971. The Hall–Kier alpha value is -0.530. The van der Waals surface area contributed by atoms with Crippen LogP contribution in [0.3, 0.4) is 0 Å². The molecule has 0 radical (unpaired) electrons. The van der Waals surface area contributed by atoms with Crippen molar-refractivity contribution in [1.29, 1.82) is 0 Å². The van der Waals surface area contributed by atoms with Gasteiger partial charge in [-0.1, -0.05) is 175 Å². The van der Waals surface area contributed by atoms with Gasteiger partial charge in [-0.25, -0.2) is 0 Å². The Balaban J connectivity index is 4.00. The molecule has 0 saturated carbocycles. The minimum absolute atomic E-state index is 0.0848. The van der Waals surface area contributed by atoms with Gasteiger partial charge in [-0.05, 0) is 26.2 Å². The first-order chi connectivity index (χ1) is 17.6. The number of esters is 1. The van der Waals surface area contributed by atoms with Crippen LogP contribution in [0, 0.1) is 5.41 Å². The molecule has 0 amide bonds. The maximum Gasteiger partial charge on any atom is 0.311 e. The van der Waals surface area contributed by atoms with Gasteiger partial charge in [-0.2, -0.15) is 0 Å². The van der Waals surface area contributed by atoms with Gasteiger partial charge in [0.1, 0.15) is 0 Å². The number of hydrogen-bond donors (Lipinski definition) is 0. The van der Waals surface area contributed by atoms with Gasteiger partial charge >= 0.3 is 5.97 Å². The summed E-state index contributed by atoms with van der Waals surface area (Å²) in [4.78, 5) is 13.1.